The molecule has 0 amide bonds. The van der Waals surface area contributed by atoms with Crippen molar-refractivity contribution < 1.29 is 0 Å². The number of hydrogen-bond acceptors (Lipinski definition) is 0. The lowest BCUT2D eigenvalue weighted by molar-refractivity contribution is 0.661. The fourth-order valence-electron chi connectivity index (χ4n) is 11.2. The highest BCUT2D eigenvalue weighted by molar-refractivity contribution is 6.12. The Balaban J connectivity index is 1.01. The zero-order valence-corrected chi connectivity index (χ0v) is 34.8. The second-order valence-electron chi connectivity index (χ2n) is 18.1. The van der Waals surface area contributed by atoms with Gasteiger partial charge in [0.25, 0.3) is 0 Å². The Hall–Kier alpha value is -6.96. The van der Waals surface area contributed by atoms with Gasteiger partial charge < -0.3 is 4.57 Å². The molecule has 9 aromatic carbocycles. The normalized spacial score (nSPS) is 14.3. The predicted octanol–water partition coefficient (Wildman–Crippen LogP) is 15.8. The van der Waals surface area contributed by atoms with Gasteiger partial charge in [-0.2, -0.15) is 0 Å². The molecule has 12 rings (SSSR count). The summed E-state index contributed by atoms with van der Waals surface area (Å²) < 4.78 is 2.46. The van der Waals surface area contributed by atoms with Gasteiger partial charge in [-0.1, -0.05) is 185 Å². The van der Waals surface area contributed by atoms with E-state index in [0.29, 0.717) is 0 Å². The minimum atomic E-state index is -0.177. The van der Waals surface area contributed by atoms with E-state index < -0.39 is 0 Å². The van der Waals surface area contributed by atoms with Crippen LogP contribution in [0.15, 0.2) is 182 Å². The van der Waals surface area contributed by atoms with Gasteiger partial charge in [0.05, 0.1) is 11.4 Å². The van der Waals surface area contributed by atoms with Crippen molar-refractivity contribution in [3.63, 3.8) is 0 Å². The molecule has 1 heteroatoms. The second-order valence-corrected chi connectivity index (χ2v) is 18.1. The fourth-order valence-corrected chi connectivity index (χ4v) is 11.2. The van der Waals surface area contributed by atoms with E-state index in [-0.39, 0.29) is 10.8 Å². The van der Waals surface area contributed by atoms with Crippen molar-refractivity contribution in [1.29, 1.82) is 0 Å². The minimum absolute atomic E-state index is 0.177. The van der Waals surface area contributed by atoms with Crippen LogP contribution < -0.4 is 0 Å². The van der Waals surface area contributed by atoms with Crippen molar-refractivity contribution in [2.24, 2.45) is 7.05 Å². The minimum Gasteiger partial charge on any atom is -0.343 e. The van der Waals surface area contributed by atoms with Gasteiger partial charge in [-0.25, -0.2) is 0 Å². The summed E-state index contributed by atoms with van der Waals surface area (Å²) in [7, 11) is 2.27. The molecule has 0 aliphatic heterocycles. The third-order valence-corrected chi connectivity index (χ3v) is 14.2. The first kappa shape index (κ1) is 35.0. The summed E-state index contributed by atoms with van der Waals surface area (Å²) >= 11 is 0. The van der Waals surface area contributed by atoms with Crippen LogP contribution in [0.5, 0.6) is 0 Å². The average Bonchev–Trinajstić information content (AvgIpc) is 3.80. The first-order valence-corrected chi connectivity index (χ1v) is 21.3. The maximum absolute atomic E-state index is 2.50. The highest BCUT2D eigenvalue weighted by Gasteiger charge is 2.39. The van der Waals surface area contributed by atoms with E-state index in [1.807, 2.05) is 0 Å². The fraction of sp³-hybridized carbons (Fsp3) is 0.119. The Labute approximate surface area is 352 Å². The standard InChI is InChI=1S/C59H45N/c1-58(2)50-32-38(28-30-46(50)54-42-24-14-12-22-40(42)48(34-52(54)58)36-18-8-6-9-19-36)56-44-26-16-17-27-45(44)57(60(56)5)39-29-31-47-51(33-39)59(3,4)53-35-49(37-20-10-7-11-21-37)41-23-13-15-25-43(41)55(47)53/h6-35H,1-5H3. The lowest BCUT2D eigenvalue weighted by Gasteiger charge is -2.24. The number of hydrogen-bond donors (Lipinski definition) is 0. The number of benzene rings is 9. The van der Waals surface area contributed by atoms with E-state index in [9.17, 15) is 0 Å². The largest absolute Gasteiger partial charge is 0.343 e. The Kier molecular flexibility index (Phi) is 7.31. The third-order valence-electron chi connectivity index (χ3n) is 14.2. The first-order valence-electron chi connectivity index (χ1n) is 21.3. The Morgan fingerprint density at radius 3 is 1.05 bits per heavy atom. The molecule has 0 saturated heterocycles. The van der Waals surface area contributed by atoms with Crippen LogP contribution in [0.2, 0.25) is 0 Å². The topological polar surface area (TPSA) is 4.93 Å². The highest BCUT2D eigenvalue weighted by Crippen LogP contribution is 2.56. The molecule has 60 heavy (non-hydrogen) atoms. The van der Waals surface area contributed by atoms with Crippen LogP contribution in [0, 0.1) is 0 Å². The summed E-state index contributed by atoms with van der Waals surface area (Å²) in [5.41, 5.74) is 20.8. The number of fused-ring (bicyclic) bond motifs is 11. The number of rotatable bonds is 4. The maximum Gasteiger partial charge on any atom is 0.0562 e. The number of nitrogens with zero attached hydrogens (tertiary/aromatic N) is 1. The van der Waals surface area contributed by atoms with Crippen LogP contribution in [0.25, 0.3) is 99.3 Å². The summed E-state index contributed by atoms with van der Waals surface area (Å²) in [5.74, 6) is 0. The van der Waals surface area contributed by atoms with Crippen LogP contribution >= 0.6 is 0 Å². The van der Waals surface area contributed by atoms with Crippen molar-refractivity contribution in [2.45, 2.75) is 38.5 Å². The quantitative estimate of drug-likeness (QED) is 0.168. The lowest BCUT2D eigenvalue weighted by Crippen LogP contribution is -2.15. The van der Waals surface area contributed by atoms with Crippen molar-refractivity contribution >= 4 is 32.3 Å². The SMILES string of the molecule is Cn1c(-c2ccc3c(c2)C(C)(C)c2cc(-c4ccccc4)c4ccccc4c2-3)c2ccccc2c1-c1ccc2c(c1)C(C)(C)c1cc(-c3ccccc3)c3ccccc3c1-2. The van der Waals surface area contributed by atoms with Gasteiger partial charge in [-0.05, 0) is 124 Å². The summed E-state index contributed by atoms with van der Waals surface area (Å²) in [6.45, 7) is 9.65. The second kappa shape index (κ2) is 12.5. The molecule has 1 nitrogen and oxygen atoms in total. The monoisotopic (exact) mass is 767 g/mol. The molecule has 0 saturated carbocycles. The van der Waals surface area contributed by atoms with Gasteiger partial charge in [-0.3, -0.25) is 0 Å². The van der Waals surface area contributed by atoms with Gasteiger partial charge in [0.1, 0.15) is 0 Å². The molecule has 0 N–H and O–H groups in total. The molecule has 0 spiro atoms. The molecule has 0 fully saturated rings. The smallest absolute Gasteiger partial charge is 0.0562 e. The molecule has 1 heterocycles. The van der Waals surface area contributed by atoms with Crippen molar-refractivity contribution in [1.82, 2.24) is 4.57 Å². The highest BCUT2D eigenvalue weighted by atomic mass is 15.0. The van der Waals surface area contributed by atoms with E-state index in [1.54, 1.807) is 0 Å². The molecule has 0 atom stereocenters. The van der Waals surface area contributed by atoms with Gasteiger partial charge in [-0.15, -0.1) is 0 Å². The zero-order chi connectivity index (χ0) is 40.5. The van der Waals surface area contributed by atoms with Crippen LogP contribution in [-0.2, 0) is 17.9 Å². The van der Waals surface area contributed by atoms with E-state index in [0.717, 1.165) is 0 Å². The summed E-state index contributed by atoms with van der Waals surface area (Å²) in [4.78, 5) is 0. The van der Waals surface area contributed by atoms with Crippen LogP contribution in [-0.4, -0.2) is 4.57 Å². The van der Waals surface area contributed by atoms with Crippen molar-refractivity contribution in [3.8, 4) is 67.0 Å². The zero-order valence-electron chi connectivity index (χ0n) is 34.8. The van der Waals surface area contributed by atoms with Crippen molar-refractivity contribution in [2.75, 3.05) is 0 Å². The maximum atomic E-state index is 2.50. The molecule has 1 aromatic heterocycles. The molecule has 0 unspecified atom stereocenters. The van der Waals surface area contributed by atoms with Gasteiger partial charge in [0, 0.05) is 28.7 Å². The molecule has 0 bridgehead atoms. The predicted molar refractivity (Wildman–Crippen MR) is 255 cm³/mol. The molecule has 2 aliphatic carbocycles. The van der Waals surface area contributed by atoms with Crippen molar-refractivity contribution in [3.05, 3.63) is 204 Å². The lowest BCUT2D eigenvalue weighted by atomic mass is 9.80. The van der Waals surface area contributed by atoms with E-state index in [4.69, 9.17) is 0 Å². The molecule has 2 aliphatic rings. The summed E-state index contributed by atoms with van der Waals surface area (Å²) in [6.07, 6.45) is 0. The molecule has 10 aromatic rings. The van der Waals surface area contributed by atoms with Gasteiger partial charge >= 0.3 is 0 Å². The van der Waals surface area contributed by atoms with Gasteiger partial charge in [0.15, 0.2) is 0 Å². The molecular formula is C59H45N. The van der Waals surface area contributed by atoms with E-state index in [1.165, 1.54) is 122 Å². The van der Waals surface area contributed by atoms with Crippen LogP contribution in [0.3, 0.4) is 0 Å². The van der Waals surface area contributed by atoms with E-state index in [2.05, 4.69) is 221 Å². The number of aromatic nitrogens is 1. The third kappa shape index (κ3) is 4.75. The Morgan fingerprint density at radius 2 is 0.650 bits per heavy atom. The van der Waals surface area contributed by atoms with E-state index >= 15 is 0 Å². The summed E-state index contributed by atoms with van der Waals surface area (Å²) in [5, 5.41) is 7.82. The molecule has 286 valence electrons. The average molecular weight is 768 g/mol. The van der Waals surface area contributed by atoms with Crippen LogP contribution in [0.4, 0.5) is 0 Å². The summed E-state index contributed by atoms with van der Waals surface area (Å²) in [6, 6.07) is 68.2. The molecular weight excluding hydrogens is 723 g/mol. The Bertz CT molecular complexity index is 3190. The first-order chi connectivity index (χ1) is 29.2. The molecule has 0 radical (unpaired) electrons. The van der Waals surface area contributed by atoms with Crippen LogP contribution in [0.1, 0.15) is 49.9 Å². The van der Waals surface area contributed by atoms with Gasteiger partial charge in [0.2, 0.25) is 0 Å². The Morgan fingerprint density at radius 1 is 0.300 bits per heavy atom.